The summed E-state index contributed by atoms with van der Waals surface area (Å²) in [4.78, 5) is 47.7. The molecule has 0 radical (unpaired) electrons. The number of benzene rings is 2. The molecule has 2 N–H and O–H groups in total. The Bertz CT molecular complexity index is 2930. The fourth-order valence-corrected chi connectivity index (χ4v) is 9.33. The molecule has 5 heterocycles. The molecule has 21 heteroatoms. The van der Waals surface area contributed by atoms with Gasteiger partial charge in [0.05, 0.1) is 22.2 Å². The largest absolute Gasteiger partial charge is 0.509 e. The minimum Gasteiger partial charge on any atom is -0.488 e. The molecular weight excluding hydrogens is 969 g/mol. The quantitative estimate of drug-likeness (QED) is 0.0301. The summed E-state index contributed by atoms with van der Waals surface area (Å²) in [5.41, 5.74) is -1.00. The van der Waals surface area contributed by atoms with E-state index in [2.05, 4.69) is 36.6 Å². The summed E-state index contributed by atoms with van der Waals surface area (Å²) < 4.78 is 69.5. The third kappa shape index (κ3) is 11.1. The number of nitrogens with zero attached hydrogens (tertiary/aromatic N) is 2. The van der Waals surface area contributed by atoms with Crippen LogP contribution in [0, 0.1) is 13.8 Å². The van der Waals surface area contributed by atoms with Gasteiger partial charge in [-0.05, 0) is 78.6 Å². The minimum atomic E-state index is -1.41. The molecule has 4 aromatic rings. The third-order valence-corrected chi connectivity index (χ3v) is 12.7. The van der Waals surface area contributed by atoms with Crippen molar-refractivity contribution in [3.63, 3.8) is 0 Å². The lowest BCUT2D eigenvalue weighted by atomic mass is 9.85. The number of hydrogen-bond donors (Lipinski definition) is 2. The molecule has 3 saturated heterocycles. The number of methoxy groups -OCH3 is 2. The second kappa shape index (κ2) is 23.9. The van der Waals surface area contributed by atoms with Crippen LogP contribution in [-0.4, -0.2) is 130 Å². The van der Waals surface area contributed by atoms with E-state index in [4.69, 9.17) is 65.9 Å². The van der Waals surface area contributed by atoms with Crippen LogP contribution < -0.4 is 30.2 Å². The monoisotopic (exact) mass is 1030 g/mol. The summed E-state index contributed by atoms with van der Waals surface area (Å²) in [6.07, 6.45) is -1.69. The molecular formula is C53H64N2O19. The molecule has 2 unspecified atom stereocenters. The van der Waals surface area contributed by atoms with E-state index in [0.717, 1.165) is 0 Å². The van der Waals surface area contributed by atoms with Crippen LogP contribution in [0.15, 0.2) is 104 Å². The topological polar surface area (TPSA) is 253 Å². The van der Waals surface area contributed by atoms with Crippen LogP contribution in [0.3, 0.4) is 0 Å². The summed E-state index contributed by atoms with van der Waals surface area (Å²) in [6.45, 7) is 25.4. The maximum Gasteiger partial charge on any atom is 0.509 e. The van der Waals surface area contributed by atoms with Crippen molar-refractivity contribution in [2.24, 2.45) is 10.3 Å². The summed E-state index contributed by atoms with van der Waals surface area (Å²) in [5.74, 6) is 1.16. The summed E-state index contributed by atoms with van der Waals surface area (Å²) in [6, 6.07) is 6.69. The molecule has 21 nitrogen and oxygen atoms in total. The predicted molar refractivity (Wildman–Crippen MR) is 270 cm³/mol. The standard InChI is InChI=1S/C27H31NO10.C26H33NO9/c1-8-12-27(5)23(31-6)21-22(37-26(30)36-21)25(38-27)34-17-11-10-16-19(14(17)3)35-24(29)18(15(4)28-32-7)20(16)33-13-9-2;1-8-12-26(5)23(31-6)19(28)20(29)25(36-26)34-17-11-10-16-21(14(17)3)35-24(30)18(15(4)27-32-7)22(16)33-13-9-2/h8-11,21-23,25H,1-2,12-13H2,3-7H3;8-11,19-20,23,25,28-29H,1-2,12-13H2,3-7H3/t21-,22+,23+,25?,27-;19-,20+,23+,25?,26-/m00/s1. The van der Waals surface area contributed by atoms with Gasteiger partial charge in [-0.25, -0.2) is 14.4 Å². The Balaban J connectivity index is 0.000000241. The van der Waals surface area contributed by atoms with E-state index in [1.165, 1.54) is 28.4 Å². The number of aryl methyl sites for hydroxylation is 2. The Labute approximate surface area is 427 Å². The molecule has 0 spiro atoms. The number of carbonyl (C=O) groups excluding carboxylic acids is 1. The van der Waals surface area contributed by atoms with Crippen LogP contribution in [0.1, 0.15) is 62.8 Å². The number of oxime groups is 2. The van der Waals surface area contributed by atoms with Gasteiger partial charge in [0.2, 0.25) is 18.7 Å². The van der Waals surface area contributed by atoms with E-state index < -0.39 is 77.8 Å². The van der Waals surface area contributed by atoms with Gasteiger partial charge < -0.3 is 76.1 Å². The van der Waals surface area contributed by atoms with Crippen molar-refractivity contribution in [3.05, 3.63) is 118 Å². The van der Waals surface area contributed by atoms with Gasteiger partial charge in [-0.2, -0.15) is 0 Å². The van der Waals surface area contributed by atoms with Gasteiger partial charge in [0, 0.05) is 25.3 Å². The van der Waals surface area contributed by atoms with Crippen molar-refractivity contribution < 1.29 is 80.9 Å². The second-order valence-electron chi connectivity index (χ2n) is 17.8. The molecule has 3 aliphatic rings. The zero-order valence-electron chi connectivity index (χ0n) is 43.1. The second-order valence-corrected chi connectivity index (χ2v) is 17.8. The molecule has 7 rings (SSSR count). The van der Waals surface area contributed by atoms with Crippen LogP contribution in [0.4, 0.5) is 4.79 Å². The Morgan fingerprint density at radius 3 is 1.50 bits per heavy atom. The number of hydrogen-bond acceptors (Lipinski definition) is 21. The van der Waals surface area contributed by atoms with Gasteiger partial charge in [-0.3, -0.25) is 0 Å². The normalized spacial score (nSPS) is 26.6. The van der Waals surface area contributed by atoms with E-state index >= 15 is 0 Å². The highest BCUT2D eigenvalue weighted by Gasteiger charge is 2.60. The first kappa shape index (κ1) is 56.3. The molecule has 0 bridgehead atoms. The zero-order valence-corrected chi connectivity index (χ0v) is 43.1. The molecule has 10 atom stereocenters. The van der Waals surface area contributed by atoms with E-state index in [1.54, 1.807) is 83.2 Å². The number of ether oxygens (including phenoxy) is 10. The van der Waals surface area contributed by atoms with Crippen molar-refractivity contribution in [3.8, 4) is 23.0 Å². The van der Waals surface area contributed by atoms with Crippen LogP contribution >= 0.6 is 0 Å². The van der Waals surface area contributed by atoms with Gasteiger partial charge in [-0.15, -0.1) is 13.2 Å². The predicted octanol–water partition coefficient (Wildman–Crippen LogP) is 6.87. The molecule has 2 aromatic heterocycles. The maximum atomic E-state index is 13.0. The average Bonchev–Trinajstić information content (AvgIpc) is 3.74. The van der Waals surface area contributed by atoms with Gasteiger partial charge in [0.25, 0.3) is 0 Å². The lowest BCUT2D eigenvalue weighted by Crippen LogP contribution is -2.64. The first-order chi connectivity index (χ1) is 35.3. The number of aliphatic hydroxyl groups excluding tert-OH is 2. The highest BCUT2D eigenvalue weighted by atomic mass is 16.8. The first-order valence-electron chi connectivity index (χ1n) is 23.4. The summed E-state index contributed by atoms with van der Waals surface area (Å²) in [7, 11) is 5.69. The number of rotatable bonds is 20. The number of carbonyl (C=O) groups is 1. The Morgan fingerprint density at radius 1 is 0.635 bits per heavy atom. The summed E-state index contributed by atoms with van der Waals surface area (Å²) >= 11 is 0. The maximum absolute atomic E-state index is 13.0. The Morgan fingerprint density at radius 2 is 1.07 bits per heavy atom. The molecule has 0 aliphatic carbocycles. The molecule has 0 saturated carbocycles. The highest BCUT2D eigenvalue weighted by molar-refractivity contribution is 6.06. The molecule has 3 fully saturated rings. The third-order valence-electron chi connectivity index (χ3n) is 12.7. The van der Waals surface area contributed by atoms with Gasteiger partial charge >= 0.3 is 17.4 Å². The van der Waals surface area contributed by atoms with Crippen molar-refractivity contribution in [1.29, 1.82) is 0 Å². The SMILES string of the molecule is C=CCOc1c(C(C)=NOC)c(=O)oc2c(C)c(OC3O[C@@](C)(CC=C)[C@H](OC)[C@@H](O)[C@H]3O)ccc12.C=CCOc1c(C(C)=NOC)c(=O)oc2c(C)c(OC3O[C@@](C)(CC=C)[C@H](OC)[C@H]4OC(=O)O[C@@H]34)ccc12. The molecule has 2 aromatic carbocycles. The van der Waals surface area contributed by atoms with E-state index in [-0.39, 0.29) is 58.5 Å². The fourth-order valence-electron chi connectivity index (χ4n) is 9.33. The van der Waals surface area contributed by atoms with Crippen LogP contribution in [0.25, 0.3) is 21.9 Å². The van der Waals surface area contributed by atoms with Crippen LogP contribution in [0.5, 0.6) is 23.0 Å². The van der Waals surface area contributed by atoms with Crippen LogP contribution in [0.2, 0.25) is 0 Å². The van der Waals surface area contributed by atoms with E-state index in [9.17, 15) is 24.6 Å². The molecule has 0 amide bonds. The van der Waals surface area contributed by atoms with Gasteiger partial charge in [0.1, 0.15) is 108 Å². The lowest BCUT2D eigenvalue weighted by Gasteiger charge is -2.48. The fraction of sp³-hybridized carbons (Fsp3) is 0.453. The first-order valence-corrected chi connectivity index (χ1v) is 23.4. The molecule has 400 valence electrons. The van der Waals surface area contributed by atoms with Crippen molar-refractivity contribution >= 4 is 39.5 Å². The highest BCUT2D eigenvalue weighted by Crippen LogP contribution is 2.43. The van der Waals surface area contributed by atoms with Gasteiger partial charge in [-0.1, -0.05) is 47.8 Å². The Kier molecular flexibility index (Phi) is 18.2. The number of fused-ring (bicyclic) bond motifs is 3. The van der Waals surface area contributed by atoms with Gasteiger partial charge in [0.15, 0.2) is 6.10 Å². The smallest absolute Gasteiger partial charge is 0.488 e. The molecule has 74 heavy (non-hydrogen) atoms. The zero-order chi connectivity index (χ0) is 54.2. The molecule has 3 aliphatic heterocycles. The number of aliphatic hydroxyl groups is 2. The Hall–Kier alpha value is -7.01. The van der Waals surface area contributed by atoms with Crippen LogP contribution in [-0.2, 0) is 38.1 Å². The summed E-state index contributed by atoms with van der Waals surface area (Å²) in [5, 5.41) is 30.1. The van der Waals surface area contributed by atoms with Crippen molar-refractivity contribution in [2.75, 3.05) is 41.7 Å². The van der Waals surface area contributed by atoms with E-state index in [0.29, 0.717) is 46.2 Å². The minimum absolute atomic E-state index is 0.124. The van der Waals surface area contributed by atoms with E-state index in [1.807, 2.05) is 6.92 Å². The van der Waals surface area contributed by atoms with Crippen molar-refractivity contribution in [2.45, 2.75) is 115 Å². The lowest BCUT2D eigenvalue weighted by molar-refractivity contribution is -0.310. The average molecular weight is 1030 g/mol. The van der Waals surface area contributed by atoms with Crippen molar-refractivity contribution in [1.82, 2.24) is 0 Å².